The molecule has 0 bridgehead atoms. The van der Waals surface area contributed by atoms with E-state index in [1.54, 1.807) is 0 Å². The van der Waals surface area contributed by atoms with Gasteiger partial charge in [0, 0.05) is 17.2 Å². The van der Waals surface area contributed by atoms with Gasteiger partial charge in [-0.15, -0.1) is 11.8 Å². The minimum absolute atomic E-state index is 0.317. The van der Waals surface area contributed by atoms with Crippen molar-refractivity contribution in [2.45, 2.75) is 6.04 Å². The molecule has 0 fully saturated rings. The quantitative estimate of drug-likeness (QED) is 0.342. The number of nitrogens with zero attached hydrogens (tertiary/aromatic N) is 2. The van der Waals surface area contributed by atoms with Gasteiger partial charge in [0.15, 0.2) is 6.29 Å². The summed E-state index contributed by atoms with van der Waals surface area (Å²) in [6.45, 7) is 0.582. The molecule has 0 aromatic heterocycles. The number of hydrogen-bond donors (Lipinski definition) is 0. The van der Waals surface area contributed by atoms with Crippen LogP contribution < -0.4 is 0 Å². The van der Waals surface area contributed by atoms with E-state index in [4.69, 9.17) is 0 Å². The monoisotopic (exact) mass is 174 g/mol. The largest absolute Gasteiger partial charge is 0.314 e. The average molecular weight is 174 g/mol. The molecule has 5 nitrogen and oxygen atoms in total. The van der Waals surface area contributed by atoms with Crippen LogP contribution in [0.25, 0.3) is 0 Å². The molecule has 1 rings (SSSR count). The Bertz CT molecular complexity index is 216. The molecule has 0 aromatic rings. The molecule has 0 amide bonds. The Morgan fingerprint density at radius 1 is 1.82 bits per heavy atom. The van der Waals surface area contributed by atoms with Crippen molar-refractivity contribution in [3.63, 3.8) is 0 Å². The number of thioether (sulfide) groups is 1. The van der Waals surface area contributed by atoms with Gasteiger partial charge in [-0.25, -0.2) is 0 Å². The lowest BCUT2D eigenvalue weighted by atomic mass is 10.4. The summed E-state index contributed by atoms with van der Waals surface area (Å²) in [5.74, 6) is 0.744. The smallest absolute Gasteiger partial charge is 0.295 e. The molecule has 1 aliphatic heterocycles. The fourth-order valence-corrected chi connectivity index (χ4v) is 1.62. The molecular weight excluding hydrogens is 168 g/mol. The van der Waals surface area contributed by atoms with E-state index in [9.17, 15) is 14.9 Å². The highest BCUT2D eigenvalue weighted by Gasteiger charge is 2.28. The fraction of sp³-hybridized carbons (Fsp3) is 0.600. The van der Waals surface area contributed by atoms with Crippen molar-refractivity contribution in [1.82, 2.24) is 0 Å². The third kappa shape index (κ3) is 1.76. The van der Waals surface area contributed by atoms with Gasteiger partial charge in [0.2, 0.25) is 0 Å². The van der Waals surface area contributed by atoms with Crippen molar-refractivity contribution in [2.75, 3.05) is 12.3 Å². The van der Waals surface area contributed by atoms with E-state index in [2.05, 4.69) is 4.99 Å². The van der Waals surface area contributed by atoms with E-state index >= 15 is 0 Å². The predicted octanol–water partition coefficient (Wildman–Crippen LogP) is -0.0241. The standard InChI is InChI=1S/C5H6N2O3S/c8-3-4(7(9)10)5-6-1-2-11-5/h3-4H,1-2H2. The average Bonchev–Trinajstić information content (AvgIpc) is 2.40. The summed E-state index contributed by atoms with van der Waals surface area (Å²) in [6.07, 6.45) is 0.317. The van der Waals surface area contributed by atoms with Crippen LogP contribution in [0.2, 0.25) is 0 Å². The van der Waals surface area contributed by atoms with Crippen LogP contribution >= 0.6 is 11.8 Å². The Morgan fingerprint density at radius 3 is 2.91 bits per heavy atom. The molecule has 6 heteroatoms. The molecule has 0 saturated carbocycles. The second-order valence-electron chi connectivity index (χ2n) is 1.93. The highest BCUT2D eigenvalue weighted by atomic mass is 32.2. The van der Waals surface area contributed by atoms with Crippen LogP contribution in [0.3, 0.4) is 0 Å². The van der Waals surface area contributed by atoms with Crippen molar-refractivity contribution in [3.05, 3.63) is 10.1 Å². The van der Waals surface area contributed by atoms with Crippen molar-refractivity contribution < 1.29 is 9.72 Å². The molecule has 0 N–H and O–H groups in total. The summed E-state index contributed by atoms with van der Waals surface area (Å²) in [7, 11) is 0. The van der Waals surface area contributed by atoms with Gasteiger partial charge < -0.3 is 0 Å². The number of hydrogen-bond acceptors (Lipinski definition) is 5. The molecule has 0 aromatic carbocycles. The minimum Gasteiger partial charge on any atom is -0.295 e. The van der Waals surface area contributed by atoms with Gasteiger partial charge in [0.05, 0.1) is 0 Å². The van der Waals surface area contributed by atoms with Crippen LogP contribution in [0.4, 0.5) is 0 Å². The number of nitro groups is 1. The van der Waals surface area contributed by atoms with Gasteiger partial charge in [-0.1, -0.05) is 0 Å². The van der Waals surface area contributed by atoms with E-state index < -0.39 is 11.0 Å². The third-order valence-corrected chi connectivity index (χ3v) is 2.27. The molecule has 1 heterocycles. The molecule has 1 unspecified atom stereocenters. The Balaban J connectivity index is 2.68. The van der Waals surface area contributed by atoms with Crippen LogP contribution in [0, 0.1) is 10.1 Å². The number of carbonyl (C=O) groups excluding carboxylic acids is 1. The highest BCUT2D eigenvalue weighted by Crippen LogP contribution is 2.15. The lowest BCUT2D eigenvalue weighted by Gasteiger charge is -1.98. The van der Waals surface area contributed by atoms with E-state index in [0.717, 1.165) is 5.75 Å². The maximum Gasteiger partial charge on any atom is 0.314 e. The van der Waals surface area contributed by atoms with E-state index in [0.29, 0.717) is 17.9 Å². The van der Waals surface area contributed by atoms with Crippen LogP contribution in [-0.4, -0.2) is 34.6 Å². The first-order valence-corrected chi connectivity index (χ1v) is 4.00. The lowest BCUT2D eigenvalue weighted by Crippen LogP contribution is -2.27. The van der Waals surface area contributed by atoms with Gasteiger partial charge in [0.1, 0.15) is 5.04 Å². The SMILES string of the molecule is O=CC(C1=NCCS1)[N+](=O)[O-]. The maximum absolute atomic E-state index is 10.2. The van der Waals surface area contributed by atoms with E-state index in [-0.39, 0.29) is 0 Å². The molecule has 1 atom stereocenters. The first-order chi connectivity index (χ1) is 5.25. The normalized spacial score (nSPS) is 19.1. The number of aliphatic imine (C=N–C) groups is 1. The van der Waals surface area contributed by atoms with Crippen LogP contribution in [0.5, 0.6) is 0 Å². The minimum atomic E-state index is -1.23. The summed E-state index contributed by atoms with van der Waals surface area (Å²) in [4.78, 5) is 23.6. The van der Waals surface area contributed by atoms with Crippen molar-refractivity contribution >= 4 is 23.1 Å². The zero-order valence-corrected chi connectivity index (χ0v) is 6.41. The number of rotatable bonds is 3. The Morgan fingerprint density at radius 2 is 2.55 bits per heavy atom. The molecule has 0 radical (unpaired) electrons. The zero-order valence-electron chi connectivity index (χ0n) is 5.60. The molecule has 0 spiro atoms. The Hall–Kier alpha value is -0.910. The van der Waals surface area contributed by atoms with Gasteiger partial charge in [-0.05, 0) is 0 Å². The van der Waals surface area contributed by atoms with Gasteiger partial charge in [-0.2, -0.15) is 0 Å². The van der Waals surface area contributed by atoms with E-state index in [1.807, 2.05) is 0 Å². The molecule has 1 aliphatic rings. The first kappa shape index (κ1) is 8.19. The third-order valence-electron chi connectivity index (χ3n) is 1.22. The second-order valence-corrected chi connectivity index (χ2v) is 3.05. The number of carbonyl (C=O) groups is 1. The van der Waals surface area contributed by atoms with Gasteiger partial charge in [-0.3, -0.25) is 19.9 Å². The first-order valence-electron chi connectivity index (χ1n) is 3.01. The van der Waals surface area contributed by atoms with Crippen molar-refractivity contribution in [1.29, 1.82) is 0 Å². The molecular formula is C5H6N2O3S. The number of aldehydes is 1. The van der Waals surface area contributed by atoms with Gasteiger partial charge in [0.25, 0.3) is 0 Å². The highest BCUT2D eigenvalue weighted by molar-refractivity contribution is 8.14. The zero-order chi connectivity index (χ0) is 8.27. The molecule has 11 heavy (non-hydrogen) atoms. The summed E-state index contributed by atoms with van der Waals surface area (Å²) in [6, 6.07) is -1.23. The maximum atomic E-state index is 10.2. The van der Waals surface area contributed by atoms with Crippen molar-refractivity contribution in [3.8, 4) is 0 Å². The van der Waals surface area contributed by atoms with Crippen LogP contribution in [0.1, 0.15) is 0 Å². The predicted molar refractivity (Wildman–Crippen MR) is 41.6 cm³/mol. The Kier molecular flexibility index (Phi) is 2.58. The lowest BCUT2D eigenvalue weighted by molar-refractivity contribution is -0.486. The summed E-state index contributed by atoms with van der Waals surface area (Å²) >= 11 is 1.28. The summed E-state index contributed by atoms with van der Waals surface area (Å²) < 4.78 is 0. The van der Waals surface area contributed by atoms with Gasteiger partial charge >= 0.3 is 6.04 Å². The van der Waals surface area contributed by atoms with Crippen LogP contribution in [0.15, 0.2) is 4.99 Å². The second kappa shape index (κ2) is 3.47. The van der Waals surface area contributed by atoms with Crippen molar-refractivity contribution in [2.24, 2.45) is 4.99 Å². The Labute approximate surface area is 67.0 Å². The topological polar surface area (TPSA) is 72.6 Å². The molecule has 60 valence electrons. The fourth-order valence-electron chi connectivity index (χ4n) is 0.729. The van der Waals surface area contributed by atoms with E-state index in [1.165, 1.54) is 11.8 Å². The van der Waals surface area contributed by atoms with Crippen LogP contribution in [-0.2, 0) is 4.79 Å². The molecule has 0 aliphatic carbocycles. The summed E-state index contributed by atoms with van der Waals surface area (Å²) in [5.41, 5.74) is 0. The molecule has 0 saturated heterocycles. The summed E-state index contributed by atoms with van der Waals surface area (Å²) in [5, 5.41) is 10.5.